The number of rotatable bonds is 4. The van der Waals surface area contributed by atoms with Crippen molar-refractivity contribution in [2.45, 2.75) is 32.4 Å². The van der Waals surface area contributed by atoms with Crippen LogP contribution in [-0.2, 0) is 6.54 Å². The van der Waals surface area contributed by atoms with Gasteiger partial charge < -0.3 is 9.63 Å². The van der Waals surface area contributed by atoms with Crippen LogP contribution in [0, 0.1) is 6.92 Å². The Morgan fingerprint density at radius 2 is 2.35 bits per heavy atom. The van der Waals surface area contributed by atoms with Crippen molar-refractivity contribution in [3.8, 4) is 11.5 Å². The van der Waals surface area contributed by atoms with Crippen LogP contribution in [0.5, 0.6) is 0 Å². The minimum absolute atomic E-state index is 0.197. The Kier molecular flexibility index (Phi) is 3.80. The summed E-state index contributed by atoms with van der Waals surface area (Å²) < 4.78 is 5.33. The van der Waals surface area contributed by atoms with Gasteiger partial charge in [0.05, 0.1) is 13.2 Å². The first-order chi connectivity index (χ1) is 9.76. The molecule has 2 heterocycles. The van der Waals surface area contributed by atoms with E-state index < -0.39 is 0 Å². The molecule has 1 aliphatic rings. The van der Waals surface area contributed by atoms with Crippen LogP contribution in [0.4, 0.5) is 0 Å². The van der Waals surface area contributed by atoms with E-state index in [1.165, 1.54) is 5.56 Å². The summed E-state index contributed by atoms with van der Waals surface area (Å²) in [4.78, 5) is 6.67. The maximum absolute atomic E-state index is 9.32. The maximum atomic E-state index is 9.32. The first-order valence-corrected chi connectivity index (χ1v) is 7.01. The van der Waals surface area contributed by atoms with Gasteiger partial charge in [-0.15, -0.1) is 0 Å². The molecular weight excluding hydrogens is 254 g/mol. The molecule has 0 bridgehead atoms. The number of aliphatic hydroxyl groups is 1. The van der Waals surface area contributed by atoms with Crippen LogP contribution in [0.1, 0.15) is 24.2 Å². The molecule has 1 aliphatic heterocycles. The van der Waals surface area contributed by atoms with Crippen LogP contribution in [0.3, 0.4) is 0 Å². The second-order valence-corrected chi connectivity index (χ2v) is 5.33. The first kappa shape index (κ1) is 13.3. The summed E-state index contributed by atoms with van der Waals surface area (Å²) >= 11 is 0. The molecule has 5 heteroatoms. The molecule has 5 nitrogen and oxygen atoms in total. The fourth-order valence-electron chi connectivity index (χ4n) is 2.71. The zero-order chi connectivity index (χ0) is 13.9. The molecule has 0 spiro atoms. The normalized spacial score (nSPS) is 19.6. The van der Waals surface area contributed by atoms with E-state index in [0.717, 1.165) is 24.9 Å². The Hall–Kier alpha value is -1.72. The highest BCUT2D eigenvalue weighted by Gasteiger charge is 2.25. The Labute approximate surface area is 118 Å². The number of benzene rings is 1. The number of likely N-dealkylation sites (tertiary alicyclic amines) is 1. The maximum Gasteiger partial charge on any atom is 0.257 e. The topological polar surface area (TPSA) is 62.4 Å². The lowest BCUT2D eigenvalue weighted by atomic mass is 10.1. The highest BCUT2D eigenvalue weighted by Crippen LogP contribution is 2.21. The molecule has 0 unspecified atom stereocenters. The van der Waals surface area contributed by atoms with Gasteiger partial charge in [-0.1, -0.05) is 22.9 Å². The highest BCUT2D eigenvalue weighted by molar-refractivity contribution is 5.53. The number of hydrogen-bond acceptors (Lipinski definition) is 5. The van der Waals surface area contributed by atoms with Gasteiger partial charge in [0.25, 0.3) is 5.89 Å². The molecule has 1 aromatic heterocycles. The summed E-state index contributed by atoms with van der Waals surface area (Å²) in [5.74, 6) is 1.24. The molecule has 0 amide bonds. The molecule has 3 rings (SSSR count). The van der Waals surface area contributed by atoms with Crippen molar-refractivity contribution in [1.29, 1.82) is 0 Å². The van der Waals surface area contributed by atoms with Crippen LogP contribution >= 0.6 is 0 Å². The van der Waals surface area contributed by atoms with E-state index in [-0.39, 0.29) is 12.6 Å². The second-order valence-electron chi connectivity index (χ2n) is 5.33. The average Bonchev–Trinajstić information content (AvgIpc) is 3.08. The molecule has 0 radical (unpaired) electrons. The molecule has 1 saturated heterocycles. The lowest BCUT2D eigenvalue weighted by Crippen LogP contribution is -2.31. The summed E-state index contributed by atoms with van der Waals surface area (Å²) in [5.41, 5.74) is 2.12. The van der Waals surface area contributed by atoms with Crippen LogP contribution in [0.2, 0.25) is 0 Å². The number of aromatic nitrogens is 2. The minimum atomic E-state index is 0.197. The lowest BCUT2D eigenvalue weighted by Gasteiger charge is -2.20. The lowest BCUT2D eigenvalue weighted by molar-refractivity contribution is 0.150. The van der Waals surface area contributed by atoms with Crippen molar-refractivity contribution in [3.63, 3.8) is 0 Å². The van der Waals surface area contributed by atoms with Gasteiger partial charge in [-0.2, -0.15) is 4.98 Å². The summed E-state index contributed by atoms with van der Waals surface area (Å²) in [6.07, 6.45) is 2.16. The van der Waals surface area contributed by atoms with E-state index in [9.17, 15) is 5.11 Å². The zero-order valence-corrected chi connectivity index (χ0v) is 11.6. The number of hydrogen-bond donors (Lipinski definition) is 1. The highest BCUT2D eigenvalue weighted by atomic mass is 16.5. The molecule has 0 aliphatic carbocycles. The van der Waals surface area contributed by atoms with Crippen molar-refractivity contribution >= 4 is 0 Å². The van der Waals surface area contributed by atoms with Gasteiger partial charge in [-0.05, 0) is 38.4 Å². The number of nitrogens with zero attached hydrogens (tertiary/aromatic N) is 3. The molecule has 1 N–H and O–H groups in total. The van der Waals surface area contributed by atoms with E-state index in [4.69, 9.17) is 4.52 Å². The predicted octanol–water partition coefficient (Wildman–Crippen LogP) is 2.00. The molecule has 106 valence electrons. The van der Waals surface area contributed by atoms with Crippen LogP contribution in [-0.4, -0.2) is 39.3 Å². The molecule has 20 heavy (non-hydrogen) atoms. The van der Waals surface area contributed by atoms with Crippen molar-refractivity contribution in [2.24, 2.45) is 0 Å². The van der Waals surface area contributed by atoms with Crippen LogP contribution < -0.4 is 0 Å². The zero-order valence-electron chi connectivity index (χ0n) is 11.6. The predicted molar refractivity (Wildman–Crippen MR) is 75.0 cm³/mol. The van der Waals surface area contributed by atoms with Crippen LogP contribution in [0.15, 0.2) is 28.8 Å². The molecular formula is C15H19N3O2. The van der Waals surface area contributed by atoms with Gasteiger partial charge in [-0.25, -0.2) is 0 Å². The summed E-state index contributed by atoms with van der Waals surface area (Å²) in [6.45, 7) is 3.86. The third kappa shape index (κ3) is 2.73. The Balaban J connectivity index is 1.74. The first-order valence-electron chi connectivity index (χ1n) is 7.01. The molecule has 0 saturated carbocycles. The van der Waals surface area contributed by atoms with Crippen molar-refractivity contribution in [1.82, 2.24) is 15.0 Å². The van der Waals surface area contributed by atoms with E-state index in [1.54, 1.807) is 0 Å². The Morgan fingerprint density at radius 1 is 1.45 bits per heavy atom. The smallest absolute Gasteiger partial charge is 0.257 e. The van der Waals surface area contributed by atoms with Gasteiger partial charge in [0.2, 0.25) is 0 Å². The standard InChI is InChI=1S/C15H19N3O2/c1-11-4-2-5-12(8-11)15-16-14(17-20-15)9-18-7-3-6-13(18)10-19/h2,4-5,8,13,19H,3,6-7,9-10H2,1H3/t13-/m1/s1. The number of aliphatic hydroxyl groups excluding tert-OH is 1. The average molecular weight is 273 g/mol. The molecule has 2 aromatic rings. The molecule has 1 aromatic carbocycles. The third-order valence-corrected chi connectivity index (χ3v) is 3.79. The largest absolute Gasteiger partial charge is 0.395 e. The number of aryl methyl sites for hydroxylation is 1. The Morgan fingerprint density at radius 3 is 3.15 bits per heavy atom. The monoisotopic (exact) mass is 273 g/mol. The van der Waals surface area contributed by atoms with E-state index in [2.05, 4.69) is 15.0 Å². The third-order valence-electron chi connectivity index (χ3n) is 3.79. The summed E-state index contributed by atoms with van der Waals surface area (Å²) in [7, 11) is 0. The van der Waals surface area contributed by atoms with Gasteiger partial charge in [0, 0.05) is 11.6 Å². The van der Waals surface area contributed by atoms with Crippen molar-refractivity contribution in [2.75, 3.05) is 13.2 Å². The van der Waals surface area contributed by atoms with Crippen molar-refractivity contribution < 1.29 is 9.63 Å². The SMILES string of the molecule is Cc1cccc(-c2nc(CN3CCC[C@@H]3CO)no2)c1. The molecule has 1 fully saturated rings. The molecule has 1 atom stereocenters. The minimum Gasteiger partial charge on any atom is -0.395 e. The van der Waals surface area contributed by atoms with E-state index >= 15 is 0 Å². The van der Waals surface area contributed by atoms with Gasteiger partial charge in [0.15, 0.2) is 5.82 Å². The Bertz CT molecular complexity index is 582. The van der Waals surface area contributed by atoms with Gasteiger partial charge in [0.1, 0.15) is 0 Å². The van der Waals surface area contributed by atoms with E-state index in [0.29, 0.717) is 18.3 Å². The van der Waals surface area contributed by atoms with Gasteiger partial charge >= 0.3 is 0 Å². The second kappa shape index (κ2) is 5.73. The quantitative estimate of drug-likeness (QED) is 0.923. The van der Waals surface area contributed by atoms with Crippen LogP contribution in [0.25, 0.3) is 11.5 Å². The van der Waals surface area contributed by atoms with E-state index in [1.807, 2.05) is 31.2 Å². The van der Waals surface area contributed by atoms with Crippen molar-refractivity contribution in [3.05, 3.63) is 35.7 Å². The summed E-state index contributed by atoms with van der Waals surface area (Å²) in [6, 6.07) is 8.25. The fraction of sp³-hybridized carbons (Fsp3) is 0.467. The van der Waals surface area contributed by atoms with Gasteiger partial charge in [-0.3, -0.25) is 4.90 Å². The fourth-order valence-corrected chi connectivity index (χ4v) is 2.71. The summed E-state index contributed by atoms with van der Waals surface area (Å²) in [5, 5.41) is 13.4.